The number of nitrogens with one attached hydrogen (secondary N) is 1. The first kappa shape index (κ1) is 14.7. The molecule has 1 aliphatic carbocycles. The minimum atomic E-state index is -0.0579. The molecule has 0 atom stereocenters. The molecule has 0 bridgehead atoms. The second-order valence-corrected chi connectivity index (χ2v) is 7.52. The molecule has 0 amide bonds. The molecule has 0 aromatic carbocycles. The highest BCUT2D eigenvalue weighted by Crippen LogP contribution is 2.27. The first-order valence-corrected chi connectivity index (χ1v) is 8.65. The molecule has 2 aromatic rings. The lowest BCUT2D eigenvalue weighted by atomic mass is 9.85. The van der Waals surface area contributed by atoms with Crippen molar-refractivity contribution in [2.75, 3.05) is 5.32 Å². The Hall–Kier alpha value is -1.21. The number of hydrogen-bond acceptors (Lipinski definition) is 5. The van der Waals surface area contributed by atoms with Crippen LogP contribution in [0, 0.1) is 12.8 Å². The monoisotopic (exact) mass is 368 g/mol. The molecule has 21 heavy (non-hydrogen) atoms. The summed E-state index contributed by atoms with van der Waals surface area (Å²) in [4.78, 5) is 17.8. The molecule has 0 radical (unpaired) electrons. The summed E-state index contributed by atoms with van der Waals surface area (Å²) in [7, 11) is 0. The number of anilines is 1. The Morgan fingerprint density at radius 3 is 2.90 bits per heavy atom. The van der Waals surface area contributed by atoms with Crippen molar-refractivity contribution in [3.8, 4) is 0 Å². The van der Waals surface area contributed by atoms with Gasteiger partial charge in [-0.3, -0.25) is 4.79 Å². The van der Waals surface area contributed by atoms with Gasteiger partial charge in [-0.15, -0.1) is 11.3 Å². The Labute approximate surface area is 135 Å². The first-order chi connectivity index (χ1) is 10.1. The Morgan fingerprint density at radius 1 is 1.48 bits per heavy atom. The third-order valence-electron chi connectivity index (χ3n) is 3.76. The third-order valence-corrected chi connectivity index (χ3v) is 5.28. The number of hydrogen-bond donors (Lipinski definition) is 1. The van der Waals surface area contributed by atoms with Crippen molar-refractivity contribution in [3.63, 3.8) is 0 Å². The fraction of sp³-hybridized carbons (Fsp3) is 0.500. The molecule has 5 nitrogen and oxygen atoms in total. The molecule has 1 N–H and O–H groups in total. The Morgan fingerprint density at radius 2 is 2.29 bits per heavy atom. The van der Waals surface area contributed by atoms with Gasteiger partial charge in [-0.05, 0) is 41.6 Å². The molecule has 1 saturated carbocycles. The maximum atomic E-state index is 12.5. The van der Waals surface area contributed by atoms with Gasteiger partial charge in [-0.2, -0.15) is 5.10 Å². The molecule has 1 aliphatic rings. The van der Waals surface area contributed by atoms with E-state index >= 15 is 0 Å². The molecular formula is C14H17BrN4OS. The summed E-state index contributed by atoms with van der Waals surface area (Å²) in [6, 6.07) is 0. The summed E-state index contributed by atoms with van der Waals surface area (Å²) in [5, 5.41) is 8.47. The molecule has 2 heterocycles. The average Bonchev–Trinajstić information content (AvgIpc) is 2.81. The number of rotatable bonds is 5. The van der Waals surface area contributed by atoms with Crippen molar-refractivity contribution in [2.45, 2.75) is 39.3 Å². The van der Waals surface area contributed by atoms with Crippen molar-refractivity contribution in [1.29, 1.82) is 0 Å². The molecule has 2 aromatic heterocycles. The third kappa shape index (κ3) is 3.35. The van der Waals surface area contributed by atoms with Crippen molar-refractivity contribution in [3.05, 3.63) is 37.1 Å². The summed E-state index contributed by atoms with van der Waals surface area (Å²) in [6.07, 6.45) is 7.21. The summed E-state index contributed by atoms with van der Waals surface area (Å²) in [6.45, 7) is 3.30. The number of aryl methyl sites for hydroxylation is 1. The topological polar surface area (TPSA) is 59.8 Å². The fourth-order valence-corrected chi connectivity index (χ4v) is 3.48. The smallest absolute Gasteiger partial charge is 0.291 e. The van der Waals surface area contributed by atoms with Crippen molar-refractivity contribution < 1.29 is 0 Å². The van der Waals surface area contributed by atoms with Crippen LogP contribution in [0.5, 0.6) is 0 Å². The summed E-state index contributed by atoms with van der Waals surface area (Å²) >= 11 is 5.04. The highest BCUT2D eigenvalue weighted by molar-refractivity contribution is 9.10. The second kappa shape index (κ2) is 6.27. The van der Waals surface area contributed by atoms with Gasteiger partial charge in [0.25, 0.3) is 5.56 Å². The molecule has 112 valence electrons. The zero-order chi connectivity index (χ0) is 14.8. The van der Waals surface area contributed by atoms with Crippen LogP contribution in [0.2, 0.25) is 0 Å². The lowest BCUT2D eigenvalue weighted by molar-refractivity contribution is 0.262. The van der Waals surface area contributed by atoms with E-state index in [1.165, 1.54) is 19.3 Å². The van der Waals surface area contributed by atoms with Crippen LogP contribution in [0.4, 0.5) is 5.69 Å². The minimum absolute atomic E-state index is 0.0579. The Bertz CT molecular complexity index is 693. The minimum Gasteiger partial charge on any atom is -0.375 e. The largest absolute Gasteiger partial charge is 0.375 e. The predicted molar refractivity (Wildman–Crippen MR) is 87.7 cm³/mol. The van der Waals surface area contributed by atoms with E-state index < -0.39 is 0 Å². The van der Waals surface area contributed by atoms with Gasteiger partial charge in [0.1, 0.15) is 5.69 Å². The van der Waals surface area contributed by atoms with Crippen LogP contribution in [-0.2, 0) is 13.1 Å². The van der Waals surface area contributed by atoms with Gasteiger partial charge in [-0.25, -0.2) is 9.67 Å². The fourth-order valence-electron chi connectivity index (χ4n) is 2.34. The molecular weight excluding hydrogens is 352 g/mol. The van der Waals surface area contributed by atoms with Crippen LogP contribution >= 0.6 is 27.3 Å². The zero-order valence-corrected chi connectivity index (χ0v) is 14.2. The number of nitrogens with zero attached hydrogens (tertiary/aromatic N) is 3. The summed E-state index contributed by atoms with van der Waals surface area (Å²) < 4.78 is 2.29. The van der Waals surface area contributed by atoms with E-state index in [9.17, 15) is 4.79 Å². The van der Waals surface area contributed by atoms with Gasteiger partial charge >= 0.3 is 0 Å². The lowest BCUT2D eigenvalue weighted by Crippen LogP contribution is -2.30. The van der Waals surface area contributed by atoms with Gasteiger partial charge in [0.15, 0.2) is 0 Å². The maximum Gasteiger partial charge on any atom is 0.291 e. The molecule has 0 spiro atoms. The summed E-state index contributed by atoms with van der Waals surface area (Å²) in [5.74, 6) is 0.605. The van der Waals surface area contributed by atoms with Crippen molar-refractivity contribution in [1.82, 2.24) is 14.8 Å². The van der Waals surface area contributed by atoms with Crippen LogP contribution < -0.4 is 10.9 Å². The van der Waals surface area contributed by atoms with Crippen molar-refractivity contribution in [2.24, 2.45) is 5.92 Å². The first-order valence-electron chi connectivity index (χ1n) is 7.04. The highest BCUT2D eigenvalue weighted by Gasteiger charge is 2.20. The van der Waals surface area contributed by atoms with E-state index in [2.05, 4.69) is 31.3 Å². The SMILES string of the molecule is Cc1ncc(CNc2c(Br)cnn(CC3CCC3)c2=O)s1. The van der Waals surface area contributed by atoms with E-state index in [1.807, 2.05) is 13.1 Å². The van der Waals surface area contributed by atoms with E-state index in [-0.39, 0.29) is 5.56 Å². The highest BCUT2D eigenvalue weighted by atomic mass is 79.9. The Kier molecular flexibility index (Phi) is 4.40. The molecule has 7 heteroatoms. The van der Waals surface area contributed by atoms with Crippen LogP contribution in [-0.4, -0.2) is 14.8 Å². The van der Waals surface area contributed by atoms with Gasteiger partial charge < -0.3 is 5.32 Å². The van der Waals surface area contributed by atoms with Crippen LogP contribution in [0.3, 0.4) is 0 Å². The number of aromatic nitrogens is 3. The second-order valence-electron chi connectivity index (χ2n) is 5.35. The van der Waals surface area contributed by atoms with E-state index in [0.717, 1.165) is 16.4 Å². The van der Waals surface area contributed by atoms with Gasteiger partial charge in [0, 0.05) is 17.6 Å². The molecule has 1 fully saturated rings. The van der Waals surface area contributed by atoms with E-state index in [0.29, 0.717) is 22.6 Å². The molecule has 0 aliphatic heterocycles. The van der Waals surface area contributed by atoms with E-state index in [1.54, 1.807) is 22.2 Å². The average molecular weight is 369 g/mol. The van der Waals surface area contributed by atoms with Crippen LogP contribution in [0.25, 0.3) is 0 Å². The molecule has 0 unspecified atom stereocenters. The maximum absolute atomic E-state index is 12.5. The zero-order valence-electron chi connectivity index (χ0n) is 11.8. The van der Waals surface area contributed by atoms with Gasteiger partial charge in [0.05, 0.1) is 22.2 Å². The summed E-state index contributed by atoms with van der Waals surface area (Å²) in [5.41, 5.74) is 0.521. The molecule has 0 saturated heterocycles. The van der Waals surface area contributed by atoms with Gasteiger partial charge in [-0.1, -0.05) is 6.42 Å². The van der Waals surface area contributed by atoms with Crippen molar-refractivity contribution >= 4 is 33.0 Å². The van der Waals surface area contributed by atoms with Crippen LogP contribution in [0.15, 0.2) is 21.7 Å². The van der Waals surface area contributed by atoms with Gasteiger partial charge in [0.2, 0.25) is 0 Å². The normalized spacial score (nSPS) is 15.0. The lowest BCUT2D eigenvalue weighted by Gasteiger charge is -2.25. The number of halogens is 1. The van der Waals surface area contributed by atoms with Crippen LogP contribution in [0.1, 0.15) is 29.1 Å². The predicted octanol–water partition coefficient (Wildman–Crippen LogP) is 3.18. The number of thiazole rings is 1. The quantitative estimate of drug-likeness (QED) is 0.880. The molecule has 3 rings (SSSR count). The van der Waals surface area contributed by atoms with E-state index in [4.69, 9.17) is 0 Å². The standard InChI is InChI=1S/C14H17BrN4OS/c1-9-16-5-11(21-9)6-17-13-12(15)7-18-19(14(13)20)8-10-3-2-4-10/h5,7,10,17H,2-4,6,8H2,1H3. The Balaban J connectivity index is 1.76.